The topological polar surface area (TPSA) is 12.9 Å². The molecule has 1 heteroatoms. The summed E-state index contributed by atoms with van der Waals surface area (Å²) in [5.41, 5.74) is 3.53. The summed E-state index contributed by atoms with van der Waals surface area (Å²) in [5.74, 6) is 0. The highest BCUT2D eigenvalue weighted by Gasteiger charge is 1.98. The van der Waals surface area contributed by atoms with Crippen molar-refractivity contribution in [1.82, 2.24) is 4.98 Å². The van der Waals surface area contributed by atoms with Crippen LogP contribution in [0.15, 0.2) is 42.6 Å². The number of benzene rings is 1. The first-order chi connectivity index (χ1) is 7.15. The first-order valence-electron chi connectivity index (χ1n) is 5.15. The Balaban J connectivity index is 2.49. The van der Waals surface area contributed by atoms with Crippen LogP contribution in [-0.4, -0.2) is 4.98 Å². The summed E-state index contributed by atoms with van der Waals surface area (Å²) < 4.78 is 0. The van der Waals surface area contributed by atoms with Crippen molar-refractivity contribution in [1.29, 1.82) is 0 Å². The molecule has 0 aliphatic heterocycles. The normalized spacial score (nSPS) is 10.5. The predicted molar refractivity (Wildman–Crippen MR) is 65.0 cm³/mol. The lowest BCUT2D eigenvalue weighted by Crippen LogP contribution is -1.90. The quantitative estimate of drug-likeness (QED) is 0.669. The van der Waals surface area contributed by atoms with Gasteiger partial charge in [-0.15, -0.1) is 0 Å². The third-order valence-electron chi connectivity index (χ3n) is 2.42. The molecule has 0 saturated heterocycles. The number of nitrogens with zero attached hydrogens (tertiary/aromatic N) is 1. The van der Waals surface area contributed by atoms with Gasteiger partial charge in [0.2, 0.25) is 0 Å². The number of aryl methyl sites for hydroxylation is 1. The summed E-state index contributed by atoms with van der Waals surface area (Å²) in [4.78, 5) is 4.42. The molecule has 1 heterocycles. The van der Waals surface area contributed by atoms with E-state index in [4.69, 9.17) is 0 Å². The fourth-order valence-electron chi connectivity index (χ4n) is 1.71. The zero-order valence-corrected chi connectivity index (χ0v) is 9.25. The molecular formula is C14H15N. The lowest BCUT2D eigenvalue weighted by Gasteiger charge is -2.03. The highest BCUT2D eigenvalue weighted by molar-refractivity contribution is 5.82. The molecule has 0 atom stereocenters. The van der Waals surface area contributed by atoms with E-state index in [-0.39, 0.29) is 0 Å². The smallest absolute Gasteiger partial charge is 0.0450 e. The monoisotopic (exact) mass is 197 g/mol. The molecular weight excluding hydrogens is 182 g/mol. The minimum absolute atomic E-state index is 0.865. The van der Waals surface area contributed by atoms with Gasteiger partial charge in [-0.1, -0.05) is 35.9 Å². The number of rotatable bonds is 2. The van der Waals surface area contributed by atoms with Gasteiger partial charge in [0.25, 0.3) is 0 Å². The largest absolute Gasteiger partial charge is 0.260 e. The molecule has 0 radical (unpaired) electrons. The number of aromatic nitrogens is 1. The summed E-state index contributed by atoms with van der Waals surface area (Å²) in [6, 6.07) is 8.57. The Hall–Kier alpha value is -1.63. The third-order valence-corrected chi connectivity index (χ3v) is 2.42. The van der Waals surface area contributed by atoms with Gasteiger partial charge in [-0.05, 0) is 25.3 Å². The van der Waals surface area contributed by atoms with Crippen molar-refractivity contribution in [3.63, 3.8) is 0 Å². The molecule has 0 saturated carbocycles. The van der Waals surface area contributed by atoms with Gasteiger partial charge < -0.3 is 0 Å². The minimum Gasteiger partial charge on any atom is -0.260 e. The molecule has 2 aromatic rings. The number of allylic oxidation sites excluding steroid dienone is 1. The molecule has 2 rings (SSSR count). The Bertz CT molecular complexity index is 512. The molecule has 0 aliphatic rings. The fourth-order valence-corrected chi connectivity index (χ4v) is 1.71. The Morgan fingerprint density at radius 1 is 1.27 bits per heavy atom. The Morgan fingerprint density at radius 3 is 2.80 bits per heavy atom. The van der Waals surface area contributed by atoms with E-state index in [0.29, 0.717) is 0 Å². The number of pyridine rings is 1. The van der Waals surface area contributed by atoms with Crippen LogP contribution in [0.5, 0.6) is 0 Å². The summed E-state index contributed by atoms with van der Waals surface area (Å²) in [7, 11) is 0. The number of fused-ring (bicyclic) bond motifs is 1. The van der Waals surface area contributed by atoms with E-state index in [1.54, 1.807) is 0 Å². The molecule has 0 aliphatic carbocycles. The van der Waals surface area contributed by atoms with Gasteiger partial charge in [0.1, 0.15) is 0 Å². The van der Waals surface area contributed by atoms with E-state index in [0.717, 1.165) is 17.7 Å². The van der Waals surface area contributed by atoms with Gasteiger partial charge in [0.15, 0.2) is 0 Å². The van der Waals surface area contributed by atoms with Crippen molar-refractivity contribution in [2.24, 2.45) is 0 Å². The molecule has 1 nitrogen and oxygen atoms in total. The molecule has 1 aromatic heterocycles. The summed E-state index contributed by atoms with van der Waals surface area (Å²) in [6.07, 6.45) is 2.80. The van der Waals surface area contributed by atoms with Crippen LogP contribution in [0.4, 0.5) is 0 Å². The maximum Gasteiger partial charge on any atom is 0.0450 e. The van der Waals surface area contributed by atoms with Crippen LogP contribution in [0.3, 0.4) is 0 Å². The highest BCUT2D eigenvalue weighted by Crippen LogP contribution is 2.16. The summed E-state index contributed by atoms with van der Waals surface area (Å²) in [6.45, 7) is 8.05. The molecule has 0 spiro atoms. The summed E-state index contributed by atoms with van der Waals surface area (Å²) >= 11 is 0. The summed E-state index contributed by atoms with van der Waals surface area (Å²) in [5, 5.41) is 2.47. The first-order valence-corrected chi connectivity index (χ1v) is 5.15. The maximum absolute atomic E-state index is 4.42. The van der Waals surface area contributed by atoms with Crippen molar-refractivity contribution in [3.05, 3.63) is 53.9 Å². The second kappa shape index (κ2) is 3.85. The van der Waals surface area contributed by atoms with Crippen LogP contribution in [-0.2, 0) is 6.42 Å². The lowest BCUT2D eigenvalue weighted by atomic mass is 10.1. The van der Waals surface area contributed by atoms with E-state index in [9.17, 15) is 0 Å². The van der Waals surface area contributed by atoms with Crippen molar-refractivity contribution >= 4 is 10.8 Å². The Morgan fingerprint density at radius 2 is 2.07 bits per heavy atom. The van der Waals surface area contributed by atoms with Gasteiger partial charge in [-0.2, -0.15) is 0 Å². The van der Waals surface area contributed by atoms with Gasteiger partial charge in [-0.25, -0.2) is 0 Å². The average molecular weight is 197 g/mol. The third kappa shape index (κ3) is 2.24. The molecule has 1 aromatic carbocycles. The van der Waals surface area contributed by atoms with Crippen LogP contribution in [0, 0.1) is 6.92 Å². The van der Waals surface area contributed by atoms with Gasteiger partial charge in [0.05, 0.1) is 0 Å². The van der Waals surface area contributed by atoms with Gasteiger partial charge in [-0.3, -0.25) is 4.98 Å². The van der Waals surface area contributed by atoms with Crippen molar-refractivity contribution in [3.8, 4) is 0 Å². The van der Waals surface area contributed by atoms with Gasteiger partial charge >= 0.3 is 0 Å². The highest BCUT2D eigenvalue weighted by atomic mass is 14.7. The molecule has 0 unspecified atom stereocenters. The minimum atomic E-state index is 0.865. The van der Waals surface area contributed by atoms with E-state index in [2.05, 4.69) is 42.8 Å². The van der Waals surface area contributed by atoms with Crippen molar-refractivity contribution in [2.75, 3.05) is 0 Å². The van der Waals surface area contributed by atoms with Gasteiger partial charge in [0, 0.05) is 23.7 Å². The van der Waals surface area contributed by atoms with E-state index in [1.807, 2.05) is 13.1 Å². The standard InChI is InChI=1S/C14H15N/c1-10(2)6-14-8-13-7-11(3)4-5-12(13)9-15-14/h4-5,7-9H,1,6H2,2-3H3. The van der Waals surface area contributed by atoms with Crippen LogP contribution in [0.2, 0.25) is 0 Å². The van der Waals surface area contributed by atoms with Crippen LogP contribution >= 0.6 is 0 Å². The van der Waals surface area contributed by atoms with E-state index >= 15 is 0 Å². The molecule has 0 amide bonds. The molecule has 0 N–H and O–H groups in total. The second-order valence-electron chi connectivity index (χ2n) is 4.16. The molecule has 0 bridgehead atoms. The molecule has 15 heavy (non-hydrogen) atoms. The SMILES string of the molecule is C=C(C)Cc1cc2cc(C)ccc2cn1. The zero-order chi connectivity index (χ0) is 10.8. The van der Waals surface area contributed by atoms with Crippen molar-refractivity contribution < 1.29 is 0 Å². The number of hydrogen-bond acceptors (Lipinski definition) is 1. The maximum atomic E-state index is 4.42. The lowest BCUT2D eigenvalue weighted by molar-refractivity contribution is 1.06. The second-order valence-corrected chi connectivity index (χ2v) is 4.16. The zero-order valence-electron chi connectivity index (χ0n) is 9.25. The fraction of sp³-hybridized carbons (Fsp3) is 0.214. The Labute approximate surface area is 90.5 Å². The predicted octanol–water partition coefficient (Wildman–Crippen LogP) is 3.66. The van der Waals surface area contributed by atoms with Crippen LogP contribution in [0.1, 0.15) is 18.2 Å². The first kappa shape index (κ1) is 9.91. The van der Waals surface area contributed by atoms with Crippen LogP contribution in [0.25, 0.3) is 10.8 Å². The van der Waals surface area contributed by atoms with E-state index < -0.39 is 0 Å². The van der Waals surface area contributed by atoms with Crippen molar-refractivity contribution in [2.45, 2.75) is 20.3 Å². The van der Waals surface area contributed by atoms with E-state index in [1.165, 1.54) is 16.3 Å². The van der Waals surface area contributed by atoms with Crippen LogP contribution < -0.4 is 0 Å². The number of hydrogen-bond donors (Lipinski definition) is 0. The average Bonchev–Trinajstić information content (AvgIpc) is 2.16. The Kier molecular flexibility index (Phi) is 2.55. The molecule has 0 fully saturated rings. The molecule has 76 valence electrons.